The summed E-state index contributed by atoms with van der Waals surface area (Å²) in [5.74, 6) is 0.519. The van der Waals surface area contributed by atoms with Gasteiger partial charge in [0.1, 0.15) is 6.61 Å². The number of ether oxygens (including phenoxy) is 1. The van der Waals surface area contributed by atoms with Gasteiger partial charge in [0, 0.05) is 11.8 Å². The molecule has 0 radical (unpaired) electrons. The zero-order chi connectivity index (χ0) is 13.2. The normalized spacial score (nSPS) is 38.3. The van der Waals surface area contributed by atoms with Crippen molar-refractivity contribution in [2.75, 3.05) is 6.61 Å². The van der Waals surface area contributed by atoms with Gasteiger partial charge in [-0.3, -0.25) is 10.1 Å². The minimum atomic E-state index is -0.993. The number of hydrogen-bond acceptors (Lipinski definition) is 3. The average Bonchev–Trinajstić information content (AvgIpc) is 2.40. The van der Waals surface area contributed by atoms with Crippen molar-refractivity contribution >= 4 is 0 Å². The fourth-order valence-corrected chi connectivity index (χ4v) is 3.33. The molecule has 2 rings (SSSR count). The molecule has 18 heavy (non-hydrogen) atoms. The van der Waals surface area contributed by atoms with Crippen LogP contribution in [0.25, 0.3) is 0 Å². The molecule has 1 saturated heterocycles. The van der Waals surface area contributed by atoms with Gasteiger partial charge in [0.2, 0.25) is 5.54 Å². The standard InChI is InChI=1S/C14H23NO3/c1-3-12-9-13(11-7-5-4-6-8-11)18-10-14(12,2)15(16)17/h3,11-13H,1,4-10H2,2H3/t12-,13-,14+/m0/s1. The summed E-state index contributed by atoms with van der Waals surface area (Å²) in [4.78, 5) is 11.0. The van der Waals surface area contributed by atoms with Crippen LogP contribution in [0.15, 0.2) is 12.7 Å². The SMILES string of the molecule is C=C[C@H]1C[C@@H](C2CCCCC2)OC[C@@]1(C)[N+](=O)[O-]. The monoisotopic (exact) mass is 253 g/mol. The lowest BCUT2D eigenvalue weighted by atomic mass is 9.75. The van der Waals surface area contributed by atoms with Gasteiger partial charge >= 0.3 is 0 Å². The fourth-order valence-electron chi connectivity index (χ4n) is 3.33. The quantitative estimate of drug-likeness (QED) is 0.441. The molecule has 0 aromatic rings. The van der Waals surface area contributed by atoms with Crippen molar-refractivity contribution in [2.45, 2.75) is 57.1 Å². The second-order valence-electron chi connectivity index (χ2n) is 5.94. The molecule has 3 atom stereocenters. The summed E-state index contributed by atoms with van der Waals surface area (Å²) in [6.45, 7) is 5.68. The van der Waals surface area contributed by atoms with E-state index in [1.807, 2.05) is 0 Å². The predicted molar refractivity (Wildman–Crippen MR) is 70.0 cm³/mol. The van der Waals surface area contributed by atoms with Crippen molar-refractivity contribution in [3.05, 3.63) is 22.8 Å². The maximum absolute atomic E-state index is 11.2. The molecule has 0 N–H and O–H groups in total. The second-order valence-corrected chi connectivity index (χ2v) is 5.94. The highest BCUT2D eigenvalue weighted by Crippen LogP contribution is 2.39. The summed E-state index contributed by atoms with van der Waals surface area (Å²) in [5.41, 5.74) is -0.993. The van der Waals surface area contributed by atoms with E-state index in [0.717, 1.165) is 6.42 Å². The van der Waals surface area contributed by atoms with Gasteiger partial charge in [-0.2, -0.15) is 0 Å². The zero-order valence-electron chi connectivity index (χ0n) is 11.1. The number of nitrogens with zero attached hydrogens (tertiary/aromatic N) is 1. The molecule has 1 aliphatic carbocycles. The van der Waals surface area contributed by atoms with E-state index in [2.05, 4.69) is 6.58 Å². The first kappa shape index (κ1) is 13.5. The van der Waals surface area contributed by atoms with Gasteiger partial charge < -0.3 is 4.74 Å². The van der Waals surface area contributed by atoms with Crippen molar-refractivity contribution in [1.29, 1.82) is 0 Å². The smallest absolute Gasteiger partial charge is 0.248 e. The molecule has 2 aliphatic rings. The van der Waals surface area contributed by atoms with Gasteiger partial charge in [-0.25, -0.2) is 0 Å². The van der Waals surface area contributed by atoms with Gasteiger partial charge in [-0.15, -0.1) is 6.58 Å². The summed E-state index contributed by atoms with van der Waals surface area (Å²) in [5, 5.41) is 11.2. The van der Waals surface area contributed by atoms with E-state index in [0.29, 0.717) is 5.92 Å². The Morgan fingerprint density at radius 2 is 2.06 bits per heavy atom. The van der Waals surface area contributed by atoms with Crippen molar-refractivity contribution in [1.82, 2.24) is 0 Å². The molecule has 102 valence electrons. The maximum atomic E-state index is 11.2. The molecule has 0 aromatic carbocycles. The minimum absolute atomic E-state index is 0.0758. The lowest BCUT2D eigenvalue weighted by molar-refractivity contribution is -0.584. The lowest BCUT2D eigenvalue weighted by Crippen LogP contribution is -2.53. The molecule has 1 saturated carbocycles. The molecule has 1 aliphatic heterocycles. The maximum Gasteiger partial charge on any atom is 0.248 e. The molecule has 0 aromatic heterocycles. The van der Waals surface area contributed by atoms with Gasteiger partial charge in [-0.05, 0) is 25.2 Å². The Hall–Kier alpha value is -0.900. The van der Waals surface area contributed by atoms with Crippen molar-refractivity contribution in [2.24, 2.45) is 11.8 Å². The van der Waals surface area contributed by atoms with E-state index >= 15 is 0 Å². The number of hydrogen-bond donors (Lipinski definition) is 0. The van der Waals surface area contributed by atoms with Crippen LogP contribution in [0, 0.1) is 22.0 Å². The molecule has 0 spiro atoms. The molecule has 0 amide bonds. The van der Waals surface area contributed by atoms with Gasteiger partial charge in [0.25, 0.3) is 0 Å². The van der Waals surface area contributed by atoms with Crippen LogP contribution in [0.1, 0.15) is 45.4 Å². The number of rotatable bonds is 3. The highest BCUT2D eigenvalue weighted by Gasteiger charge is 2.50. The van der Waals surface area contributed by atoms with Crippen LogP contribution in [0.2, 0.25) is 0 Å². The van der Waals surface area contributed by atoms with Gasteiger partial charge in [0.15, 0.2) is 0 Å². The van der Waals surface area contributed by atoms with E-state index in [1.54, 1.807) is 13.0 Å². The first-order valence-electron chi connectivity index (χ1n) is 6.96. The minimum Gasteiger partial charge on any atom is -0.370 e. The molecule has 4 nitrogen and oxygen atoms in total. The van der Waals surface area contributed by atoms with E-state index in [1.165, 1.54) is 32.1 Å². The zero-order valence-corrected chi connectivity index (χ0v) is 11.1. The third-order valence-electron chi connectivity index (χ3n) is 4.75. The van der Waals surface area contributed by atoms with Crippen molar-refractivity contribution in [3.63, 3.8) is 0 Å². The molecule has 1 heterocycles. The topological polar surface area (TPSA) is 52.4 Å². The average molecular weight is 253 g/mol. The molecular weight excluding hydrogens is 230 g/mol. The Labute approximate surface area is 109 Å². The lowest BCUT2D eigenvalue weighted by Gasteiger charge is -2.40. The Kier molecular flexibility index (Phi) is 4.05. The molecule has 2 fully saturated rings. The van der Waals surface area contributed by atoms with Crippen LogP contribution in [-0.2, 0) is 4.74 Å². The van der Waals surface area contributed by atoms with Crippen molar-refractivity contribution in [3.8, 4) is 0 Å². The van der Waals surface area contributed by atoms with Crippen LogP contribution in [-0.4, -0.2) is 23.2 Å². The summed E-state index contributed by atoms with van der Waals surface area (Å²) in [6.07, 6.45) is 8.99. The van der Waals surface area contributed by atoms with E-state index in [4.69, 9.17) is 4.74 Å². The Morgan fingerprint density at radius 3 is 2.61 bits per heavy atom. The van der Waals surface area contributed by atoms with E-state index < -0.39 is 5.54 Å². The third kappa shape index (κ3) is 2.44. The first-order chi connectivity index (χ1) is 8.58. The van der Waals surface area contributed by atoms with Crippen LogP contribution in [0.3, 0.4) is 0 Å². The highest BCUT2D eigenvalue weighted by atomic mass is 16.6. The van der Waals surface area contributed by atoms with Gasteiger partial charge in [0.05, 0.1) is 12.0 Å². The summed E-state index contributed by atoms with van der Waals surface area (Å²) < 4.78 is 5.84. The van der Waals surface area contributed by atoms with Crippen LogP contribution < -0.4 is 0 Å². The molecule has 0 bridgehead atoms. The van der Waals surface area contributed by atoms with E-state index in [9.17, 15) is 10.1 Å². The fraction of sp³-hybridized carbons (Fsp3) is 0.857. The second kappa shape index (κ2) is 5.39. The van der Waals surface area contributed by atoms with Crippen LogP contribution in [0.5, 0.6) is 0 Å². The highest BCUT2D eigenvalue weighted by molar-refractivity contribution is 4.99. The largest absolute Gasteiger partial charge is 0.370 e. The summed E-state index contributed by atoms with van der Waals surface area (Å²) in [6, 6.07) is 0. The summed E-state index contributed by atoms with van der Waals surface area (Å²) >= 11 is 0. The Morgan fingerprint density at radius 1 is 1.39 bits per heavy atom. The molecule has 0 unspecified atom stereocenters. The van der Waals surface area contributed by atoms with Crippen LogP contribution in [0.4, 0.5) is 0 Å². The Balaban J connectivity index is 2.04. The first-order valence-corrected chi connectivity index (χ1v) is 6.96. The third-order valence-corrected chi connectivity index (χ3v) is 4.75. The van der Waals surface area contributed by atoms with Crippen molar-refractivity contribution < 1.29 is 9.66 Å². The van der Waals surface area contributed by atoms with E-state index in [-0.39, 0.29) is 23.6 Å². The van der Waals surface area contributed by atoms with Gasteiger partial charge in [-0.1, -0.05) is 25.3 Å². The molecule has 4 heteroatoms. The predicted octanol–water partition coefficient (Wildman–Crippen LogP) is 3.19. The Bertz CT molecular complexity index is 325. The van der Waals surface area contributed by atoms with Crippen LogP contribution >= 0.6 is 0 Å². The summed E-state index contributed by atoms with van der Waals surface area (Å²) in [7, 11) is 0. The molecular formula is C14H23NO3. The number of nitro groups is 1.